The molecule has 15 heavy (non-hydrogen) atoms. The first-order valence-electron chi connectivity index (χ1n) is 6.11. The molecule has 0 saturated carbocycles. The molecule has 0 radical (unpaired) electrons. The second-order valence-electron chi connectivity index (χ2n) is 5.49. The van der Waals surface area contributed by atoms with Gasteiger partial charge in [-0.3, -0.25) is 0 Å². The van der Waals surface area contributed by atoms with E-state index in [0.29, 0.717) is 5.92 Å². The summed E-state index contributed by atoms with van der Waals surface area (Å²) in [5.41, 5.74) is 0. The Morgan fingerprint density at radius 2 is 1.53 bits per heavy atom. The van der Waals surface area contributed by atoms with E-state index >= 15 is 0 Å². The zero-order chi connectivity index (χ0) is 11.9. The van der Waals surface area contributed by atoms with E-state index in [2.05, 4.69) is 40.8 Å². The van der Waals surface area contributed by atoms with Gasteiger partial charge < -0.3 is 8.85 Å². The van der Waals surface area contributed by atoms with Crippen molar-refractivity contribution in [1.29, 1.82) is 0 Å². The molecular weight excluding hydrogens is 204 g/mol. The van der Waals surface area contributed by atoms with E-state index in [1.54, 1.807) is 0 Å². The molecule has 0 aromatic carbocycles. The molecule has 0 N–H and O–H groups in total. The molecule has 0 bridgehead atoms. The third-order valence-electron chi connectivity index (χ3n) is 2.14. The maximum absolute atomic E-state index is 5.85. The van der Waals surface area contributed by atoms with Crippen molar-refractivity contribution in [3.05, 3.63) is 0 Å². The summed E-state index contributed by atoms with van der Waals surface area (Å²) >= 11 is 0. The second kappa shape index (κ2) is 7.42. The van der Waals surface area contributed by atoms with Gasteiger partial charge in [-0.25, -0.2) is 0 Å². The minimum absolute atomic E-state index is 0.594. The van der Waals surface area contributed by atoms with Crippen molar-refractivity contribution in [2.75, 3.05) is 13.2 Å². The van der Waals surface area contributed by atoms with Crippen molar-refractivity contribution >= 4 is 8.56 Å². The van der Waals surface area contributed by atoms with Crippen molar-refractivity contribution in [3.8, 4) is 0 Å². The number of hydrogen-bond acceptors (Lipinski definition) is 2. The molecule has 0 aliphatic rings. The van der Waals surface area contributed by atoms with Crippen LogP contribution in [0.15, 0.2) is 0 Å². The van der Waals surface area contributed by atoms with Crippen LogP contribution in [-0.2, 0) is 8.85 Å². The van der Waals surface area contributed by atoms with Gasteiger partial charge in [0.2, 0.25) is 0 Å². The standard InChI is InChI=1S/C12H28O2Si/c1-11(2)8-7-9-13-15(5,6)14-10-12(3)4/h11-12H,7-10H2,1-6H3. The molecule has 0 amide bonds. The minimum atomic E-state index is -1.84. The van der Waals surface area contributed by atoms with E-state index in [9.17, 15) is 0 Å². The number of rotatable bonds is 8. The predicted molar refractivity (Wildman–Crippen MR) is 68.3 cm³/mol. The first kappa shape index (κ1) is 15.1. The molecular formula is C12H28O2Si. The number of hydrogen-bond donors (Lipinski definition) is 0. The molecule has 0 aromatic rings. The lowest BCUT2D eigenvalue weighted by Crippen LogP contribution is -2.36. The Morgan fingerprint density at radius 1 is 0.933 bits per heavy atom. The quantitative estimate of drug-likeness (QED) is 0.468. The first-order valence-corrected chi connectivity index (χ1v) is 8.93. The van der Waals surface area contributed by atoms with E-state index in [1.165, 1.54) is 6.42 Å². The third kappa shape index (κ3) is 10.4. The lowest BCUT2D eigenvalue weighted by atomic mass is 10.1. The van der Waals surface area contributed by atoms with Crippen LogP contribution in [0.4, 0.5) is 0 Å². The van der Waals surface area contributed by atoms with Gasteiger partial charge in [0.1, 0.15) is 0 Å². The Morgan fingerprint density at radius 3 is 2.00 bits per heavy atom. The molecule has 0 atom stereocenters. The van der Waals surface area contributed by atoms with Crippen molar-refractivity contribution in [2.24, 2.45) is 11.8 Å². The maximum atomic E-state index is 5.85. The zero-order valence-corrected chi connectivity index (χ0v) is 12.3. The summed E-state index contributed by atoms with van der Waals surface area (Å²) in [7, 11) is -1.84. The van der Waals surface area contributed by atoms with Gasteiger partial charge >= 0.3 is 8.56 Å². The monoisotopic (exact) mass is 232 g/mol. The molecule has 92 valence electrons. The van der Waals surface area contributed by atoms with E-state index in [4.69, 9.17) is 8.85 Å². The van der Waals surface area contributed by atoms with Crippen molar-refractivity contribution in [2.45, 2.75) is 53.6 Å². The molecule has 0 aromatic heterocycles. The Kier molecular flexibility index (Phi) is 7.48. The lowest BCUT2D eigenvalue weighted by Gasteiger charge is -2.24. The van der Waals surface area contributed by atoms with Gasteiger partial charge in [0.05, 0.1) is 0 Å². The lowest BCUT2D eigenvalue weighted by molar-refractivity contribution is 0.158. The van der Waals surface area contributed by atoms with Crippen LogP contribution in [0.3, 0.4) is 0 Å². The van der Waals surface area contributed by atoms with Crippen LogP contribution in [0, 0.1) is 11.8 Å². The molecule has 0 unspecified atom stereocenters. The molecule has 0 saturated heterocycles. The molecule has 0 heterocycles. The predicted octanol–water partition coefficient (Wildman–Crippen LogP) is 3.81. The molecule has 0 rings (SSSR count). The summed E-state index contributed by atoms with van der Waals surface area (Å²) in [5.74, 6) is 1.37. The van der Waals surface area contributed by atoms with E-state index in [0.717, 1.165) is 25.6 Å². The van der Waals surface area contributed by atoms with Crippen LogP contribution in [0.2, 0.25) is 13.1 Å². The Labute approximate surface area is 96.6 Å². The molecule has 3 heteroatoms. The van der Waals surface area contributed by atoms with Crippen LogP contribution in [0.25, 0.3) is 0 Å². The topological polar surface area (TPSA) is 18.5 Å². The fourth-order valence-electron chi connectivity index (χ4n) is 1.22. The highest BCUT2D eigenvalue weighted by atomic mass is 28.4. The fraction of sp³-hybridized carbons (Fsp3) is 1.00. The average molecular weight is 232 g/mol. The van der Waals surface area contributed by atoms with Crippen molar-refractivity contribution in [3.63, 3.8) is 0 Å². The Balaban J connectivity index is 3.55. The second-order valence-corrected chi connectivity index (χ2v) is 8.87. The van der Waals surface area contributed by atoms with Gasteiger partial charge in [0, 0.05) is 13.2 Å². The zero-order valence-electron chi connectivity index (χ0n) is 11.3. The van der Waals surface area contributed by atoms with Gasteiger partial charge in [-0.2, -0.15) is 0 Å². The summed E-state index contributed by atoms with van der Waals surface area (Å²) in [4.78, 5) is 0. The highest BCUT2D eigenvalue weighted by Gasteiger charge is 2.24. The largest absolute Gasteiger partial charge is 0.395 e. The average Bonchev–Trinajstić information content (AvgIpc) is 2.09. The van der Waals surface area contributed by atoms with Gasteiger partial charge in [0.15, 0.2) is 0 Å². The molecule has 0 aliphatic carbocycles. The fourth-order valence-corrected chi connectivity index (χ4v) is 2.67. The van der Waals surface area contributed by atoms with Crippen LogP contribution < -0.4 is 0 Å². The van der Waals surface area contributed by atoms with Gasteiger partial charge in [-0.1, -0.05) is 27.7 Å². The smallest absolute Gasteiger partial charge is 0.331 e. The highest BCUT2D eigenvalue weighted by Crippen LogP contribution is 2.11. The van der Waals surface area contributed by atoms with Gasteiger partial charge in [-0.05, 0) is 37.8 Å². The molecule has 0 aliphatic heterocycles. The Hall–Kier alpha value is 0.137. The van der Waals surface area contributed by atoms with E-state index < -0.39 is 8.56 Å². The molecule has 2 nitrogen and oxygen atoms in total. The highest BCUT2D eigenvalue weighted by molar-refractivity contribution is 6.64. The van der Waals surface area contributed by atoms with Gasteiger partial charge in [0.25, 0.3) is 0 Å². The van der Waals surface area contributed by atoms with Gasteiger partial charge in [-0.15, -0.1) is 0 Å². The summed E-state index contributed by atoms with van der Waals surface area (Å²) in [5, 5.41) is 0. The summed E-state index contributed by atoms with van der Waals surface area (Å²) in [6.45, 7) is 14.8. The Bertz CT molecular complexity index is 156. The SMILES string of the molecule is CC(C)CCCO[Si](C)(C)OCC(C)C. The maximum Gasteiger partial charge on any atom is 0.331 e. The molecule has 0 fully saturated rings. The third-order valence-corrected chi connectivity index (χ3v) is 3.90. The minimum Gasteiger partial charge on any atom is -0.395 e. The first-order chi connectivity index (χ1) is 6.83. The molecule has 0 spiro atoms. The van der Waals surface area contributed by atoms with Crippen molar-refractivity contribution < 1.29 is 8.85 Å². The normalized spacial score (nSPS) is 12.8. The summed E-state index contributed by atoms with van der Waals surface area (Å²) < 4.78 is 11.7. The van der Waals surface area contributed by atoms with Crippen LogP contribution in [0.5, 0.6) is 0 Å². The summed E-state index contributed by atoms with van der Waals surface area (Å²) in [6.07, 6.45) is 2.40. The van der Waals surface area contributed by atoms with E-state index in [1.807, 2.05) is 0 Å². The van der Waals surface area contributed by atoms with Crippen LogP contribution in [-0.4, -0.2) is 21.8 Å². The van der Waals surface area contributed by atoms with E-state index in [-0.39, 0.29) is 0 Å². The van der Waals surface area contributed by atoms with Crippen LogP contribution >= 0.6 is 0 Å². The van der Waals surface area contributed by atoms with Crippen LogP contribution in [0.1, 0.15) is 40.5 Å². The van der Waals surface area contributed by atoms with Crippen molar-refractivity contribution in [1.82, 2.24) is 0 Å². The summed E-state index contributed by atoms with van der Waals surface area (Å²) in [6, 6.07) is 0.